The lowest BCUT2D eigenvalue weighted by atomic mass is 9.68. The first kappa shape index (κ1) is 27.4. The van der Waals surface area contributed by atoms with Crippen molar-refractivity contribution in [2.75, 3.05) is 18.1 Å². The number of thiazole rings is 1. The molecule has 4 aliphatic rings. The Morgan fingerprint density at radius 3 is 2.46 bits per heavy atom. The van der Waals surface area contributed by atoms with Gasteiger partial charge in [-0.1, -0.05) is 43.2 Å². The second-order valence-corrected chi connectivity index (χ2v) is 14.8. The first-order valence-corrected chi connectivity index (χ1v) is 16.7. The van der Waals surface area contributed by atoms with Crippen molar-refractivity contribution in [3.8, 4) is 5.75 Å². The van der Waals surface area contributed by atoms with Crippen molar-refractivity contribution in [1.29, 1.82) is 0 Å². The number of H-pyrrole nitrogens is 1. The van der Waals surface area contributed by atoms with Crippen LogP contribution in [0.5, 0.6) is 5.75 Å². The number of imide groups is 1. The molecule has 212 valence electrons. The fourth-order valence-corrected chi connectivity index (χ4v) is 11.0. The third-order valence-electron chi connectivity index (χ3n) is 8.77. The van der Waals surface area contributed by atoms with Gasteiger partial charge in [-0.15, -0.1) is 11.8 Å². The Bertz CT molecular complexity index is 1640. The molecule has 7 atom stereocenters. The minimum absolute atomic E-state index is 0.00561. The van der Waals surface area contributed by atoms with Crippen LogP contribution in [-0.4, -0.2) is 41.2 Å². The molecule has 2 amide bonds. The van der Waals surface area contributed by atoms with Crippen molar-refractivity contribution < 1.29 is 23.9 Å². The predicted molar refractivity (Wildman–Crippen MR) is 161 cm³/mol. The van der Waals surface area contributed by atoms with Gasteiger partial charge in [-0.2, -0.15) is 0 Å². The quantitative estimate of drug-likeness (QED) is 0.262. The molecule has 12 heteroatoms. The summed E-state index contributed by atoms with van der Waals surface area (Å²) in [6.07, 6.45) is 0.784. The third-order valence-corrected chi connectivity index (χ3v) is 12.4. The molecule has 1 N–H and O–H groups in total. The molecule has 0 radical (unpaired) electrons. The maximum absolute atomic E-state index is 13.9. The van der Waals surface area contributed by atoms with Crippen LogP contribution >= 0.6 is 55.0 Å². The zero-order chi connectivity index (χ0) is 28.6. The first-order chi connectivity index (χ1) is 19.8. The fraction of sp³-hybridized carbons (Fsp3) is 0.379. The Labute approximate surface area is 260 Å². The number of aromatic amines is 1. The van der Waals surface area contributed by atoms with E-state index in [0.29, 0.717) is 11.4 Å². The number of ether oxygens (including phenoxy) is 2. The van der Waals surface area contributed by atoms with Crippen LogP contribution in [0.4, 0.5) is 5.69 Å². The van der Waals surface area contributed by atoms with Gasteiger partial charge in [-0.05, 0) is 73.6 Å². The van der Waals surface area contributed by atoms with Gasteiger partial charge in [0.15, 0.2) is 6.61 Å². The minimum atomic E-state index is -0.462. The second kappa shape index (κ2) is 10.4. The zero-order valence-electron chi connectivity index (χ0n) is 21.7. The van der Waals surface area contributed by atoms with Crippen LogP contribution < -0.4 is 14.5 Å². The molecule has 1 saturated heterocycles. The summed E-state index contributed by atoms with van der Waals surface area (Å²) >= 11 is 9.85. The molecule has 2 aliphatic carbocycles. The standard InChI is InChI=1S/C29H24Br2N2O6S2/c1-2-38-19(34)11-39-18-8-5-13(31)9-15(18)20-21-16-10-17(24(21)40-26-25(20)41-29(37)32-26)23-22(16)27(35)33(28(23)36)14-6-3-12(30)4-7-14/h3-9,16-17,20-24H,2,10-11H2,1H3,(H,32,37)/t16-,17-,20+,21-,22+,23+,24-/m1/s1. The van der Waals surface area contributed by atoms with Gasteiger partial charge in [-0.25, -0.2) is 4.79 Å². The highest BCUT2D eigenvalue weighted by Crippen LogP contribution is 2.69. The number of hydrogen-bond donors (Lipinski definition) is 1. The Morgan fingerprint density at radius 2 is 1.73 bits per heavy atom. The van der Waals surface area contributed by atoms with Crippen LogP contribution in [0.1, 0.15) is 29.7 Å². The summed E-state index contributed by atoms with van der Waals surface area (Å²) in [5.74, 6) is -1.24. The minimum Gasteiger partial charge on any atom is -0.482 e. The topological polar surface area (TPSA) is 106 Å². The molecular formula is C29H24Br2N2O6S2. The van der Waals surface area contributed by atoms with Gasteiger partial charge in [-0.3, -0.25) is 19.3 Å². The fourth-order valence-electron chi connectivity index (χ4n) is 7.44. The number of carbonyl (C=O) groups is 3. The van der Waals surface area contributed by atoms with Crippen molar-refractivity contribution in [2.24, 2.45) is 29.6 Å². The molecule has 2 aromatic carbocycles. The molecule has 41 heavy (non-hydrogen) atoms. The van der Waals surface area contributed by atoms with Crippen LogP contribution in [0.25, 0.3) is 0 Å². The lowest BCUT2D eigenvalue weighted by Gasteiger charge is -2.43. The Morgan fingerprint density at radius 1 is 1.02 bits per heavy atom. The number of benzene rings is 2. The number of nitrogens with one attached hydrogen (secondary N) is 1. The van der Waals surface area contributed by atoms with E-state index < -0.39 is 11.9 Å². The second-order valence-electron chi connectivity index (χ2n) is 10.7. The number of anilines is 1. The van der Waals surface area contributed by atoms with Crippen molar-refractivity contribution in [3.05, 3.63) is 71.5 Å². The summed E-state index contributed by atoms with van der Waals surface area (Å²) in [5.41, 5.74) is 1.44. The number of carbonyl (C=O) groups excluding carboxylic acids is 3. The van der Waals surface area contributed by atoms with Crippen LogP contribution in [-0.2, 0) is 19.1 Å². The smallest absolute Gasteiger partial charge is 0.344 e. The third kappa shape index (κ3) is 4.35. The van der Waals surface area contributed by atoms with Gasteiger partial charge in [0.2, 0.25) is 11.8 Å². The van der Waals surface area contributed by atoms with Gasteiger partial charge in [0, 0.05) is 30.6 Å². The van der Waals surface area contributed by atoms with E-state index in [-0.39, 0.29) is 64.7 Å². The molecule has 1 aromatic heterocycles. The Hall–Kier alpha value is -2.41. The first-order valence-electron chi connectivity index (χ1n) is 13.4. The monoisotopic (exact) mass is 718 g/mol. The van der Waals surface area contributed by atoms with E-state index in [1.165, 1.54) is 16.2 Å². The van der Waals surface area contributed by atoms with E-state index in [0.717, 1.165) is 30.8 Å². The highest BCUT2D eigenvalue weighted by atomic mass is 79.9. The predicted octanol–water partition coefficient (Wildman–Crippen LogP) is 5.58. The van der Waals surface area contributed by atoms with E-state index in [2.05, 4.69) is 36.8 Å². The zero-order valence-corrected chi connectivity index (χ0v) is 26.5. The molecule has 3 heterocycles. The number of halogens is 2. The number of amides is 2. The maximum atomic E-state index is 13.9. The molecule has 0 spiro atoms. The van der Waals surface area contributed by atoms with Crippen molar-refractivity contribution in [2.45, 2.75) is 29.5 Å². The molecule has 3 fully saturated rings. The van der Waals surface area contributed by atoms with E-state index >= 15 is 0 Å². The molecule has 0 unspecified atom stereocenters. The van der Waals surface area contributed by atoms with Gasteiger partial charge < -0.3 is 14.5 Å². The van der Waals surface area contributed by atoms with Gasteiger partial charge >= 0.3 is 10.8 Å². The molecule has 7 rings (SSSR count). The number of esters is 1. The summed E-state index contributed by atoms with van der Waals surface area (Å²) in [4.78, 5) is 57.7. The maximum Gasteiger partial charge on any atom is 0.344 e. The summed E-state index contributed by atoms with van der Waals surface area (Å²) < 4.78 is 12.8. The largest absolute Gasteiger partial charge is 0.482 e. The van der Waals surface area contributed by atoms with Gasteiger partial charge in [0.1, 0.15) is 5.75 Å². The van der Waals surface area contributed by atoms with Gasteiger partial charge in [0.05, 0.1) is 29.2 Å². The lowest BCUT2D eigenvalue weighted by Crippen LogP contribution is -2.42. The molecule has 3 aromatic rings. The molecule has 2 aliphatic heterocycles. The van der Waals surface area contributed by atoms with Crippen molar-refractivity contribution in [1.82, 2.24) is 4.98 Å². The van der Waals surface area contributed by atoms with E-state index in [1.54, 1.807) is 30.8 Å². The number of nitrogens with zero attached hydrogens (tertiary/aromatic N) is 1. The van der Waals surface area contributed by atoms with Crippen molar-refractivity contribution >= 4 is 78.4 Å². The number of rotatable bonds is 6. The molecule has 8 nitrogen and oxygen atoms in total. The number of aromatic nitrogens is 1. The van der Waals surface area contributed by atoms with E-state index in [1.807, 2.05) is 30.3 Å². The van der Waals surface area contributed by atoms with Crippen LogP contribution in [0.3, 0.4) is 0 Å². The number of fused-ring (bicyclic) bond motifs is 9. The number of thioether (sulfide) groups is 1. The molecular weight excluding hydrogens is 696 g/mol. The highest BCUT2D eigenvalue weighted by molar-refractivity contribution is 9.10. The number of hydrogen-bond acceptors (Lipinski definition) is 8. The Balaban J connectivity index is 1.30. The van der Waals surface area contributed by atoms with Crippen LogP contribution in [0.2, 0.25) is 0 Å². The van der Waals surface area contributed by atoms with E-state index in [4.69, 9.17) is 9.47 Å². The van der Waals surface area contributed by atoms with Crippen LogP contribution in [0, 0.1) is 29.6 Å². The normalized spacial score (nSPS) is 29.3. The highest BCUT2D eigenvalue weighted by Gasteiger charge is 2.69. The summed E-state index contributed by atoms with van der Waals surface area (Å²) in [6.45, 7) is 1.77. The average Bonchev–Trinajstić information content (AvgIpc) is 3.67. The Kier molecular flexibility index (Phi) is 6.95. The van der Waals surface area contributed by atoms with E-state index in [9.17, 15) is 19.2 Å². The molecule has 2 bridgehead atoms. The lowest BCUT2D eigenvalue weighted by molar-refractivity contribution is -0.145. The SMILES string of the molecule is CCOC(=O)COc1ccc(Br)cc1[C@@H]1c2sc(=O)[nH]c2S[C@@H]2[C@@H]3C[C@@H]([C@@H]4C(=O)N(c5ccc(Br)cc5)C(=O)[C@@H]34)[C@H]12. The van der Waals surface area contributed by atoms with Gasteiger partial charge in [0.25, 0.3) is 0 Å². The molecule has 2 saturated carbocycles. The summed E-state index contributed by atoms with van der Waals surface area (Å²) in [7, 11) is 0. The summed E-state index contributed by atoms with van der Waals surface area (Å²) in [5, 5.41) is 0.857. The van der Waals surface area contributed by atoms with Crippen molar-refractivity contribution in [3.63, 3.8) is 0 Å². The summed E-state index contributed by atoms with van der Waals surface area (Å²) in [6, 6.07) is 12.9. The average molecular weight is 720 g/mol. The van der Waals surface area contributed by atoms with Crippen LogP contribution in [0.15, 0.2) is 61.2 Å².